The summed E-state index contributed by atoms with van der Waals surface area (Å²) in [6.07, 6.45) is 5.78. The minimum Gasteiger partial charge on any atom is -0.490 e. The molecule has 0 atom stereocenters. The van der Waals surface area contributed by atoms with Gasteiger partial charge >= 0.3 is 0 Å². The van der Waals surface area contributed by atoms with Gasteiger partial charge < -0.3 is 15.4 Å². The highest BCUT2D eigenvalue weighted by Gasteiger charge is 2.18. The molecule has 0 unspecified atom stereocenters. The number of nitrogens with two attached hydrogens (primary N) is 1. The summed E-state index contributed by atoms with van der Waals surface area (Å²) in [5.41, 5.74) is 3.31. The van der Waals surface area contributed by atoms with Crippen LogP contribution < -0.4 is 20.5 Å². The van der Waals surface area contributed by atoms with Crippen LogP contribution in [0.3, 0.4) is 0 Å². The van der Waals surface area contributed by atoms with E-state index in [4.69, 9.17) is 9.88 Å². The summed E-state index contributed by atoms with van der Waals surface area (Å²) < 4.78 is 29.0. The monoisotopic (exact) mass is 444 g/mol. The molecule has 168 valence electrons. The summed E-state index contributed by atoms with van der Waals surface area (Å²) in [5.74, 6) is 1.65. The highest BCUT2D eigenvalue weighted by molar-refractivity contribution is 7.89. The van der Waals surface area contributed by atoms with E-state index in [2.05, 4.69) is 40.7 Å². The second-order valence-electron chi connectivity index (χ2n) is 7.93. The van der Waals surface area contributed by atoms with Gasteiger partial charge in [-0.3, -0.25) is 4.99 Å². The molecule has 4 N–H and O–H groups in total. The zero-order valence-electron chi connectivity index (χ0n) is 18.2. The van der Waals surface area contributed by atoms with Gasteiger partial charge in [0.1, 0.15) is 5.75 Å². The molecule has 1 fully saturated rings. The van der Waals surface area contributed by atoms with Crippen molar-refractivity contribution < 1.29 is 13.2 Å². The Morgan fingerprint density at radius 1 is 1.13 bits per heavy atom. The van der Waals surface area contributed by atoms with Crippen LogP contribution in [0.4, 0.5) is 0 Å². The van der Waals surface area contributed by atoms with Crippen LogP contribution in [0.15, 0.2) is 52.4 Å². The topological polar surface area (TPSA) is 106 Å². The van der Waals surface area contributed by atoms with Crippen molar-refractivity contribution in [3.8, 4) is 5.75 Å². The molecule has 0 heterocycles. The maximum atomic E-state index is 11.3. The van der Waals surface area contributed by atoms with E-state index < -0.39 is 10.0 Å². The number of nitrogens with zero attached hydrogens (tertiary/aromatic N) is 1. The van der Waals surface area contributed by atoms with E-state index >= 15 is 0 Å². The fraction of sp³-hybridized carbons (Fsp3) is 0.435. The van der Waals surface area contributed by atoms with Gasteiger partial charge in [0.15, 0.2) is 5.96 Å². The van der Waals surface area contributed by atoms with Gasteiger partial charge in [-0.2, -0.15) is 0 Å². The summed E-state index contributed by atoms with van der Waals surface area (Å²) in [4.78, 5) is 4.41. The number of primary sulfonamides is 1. The fourth-order valence-corrected chi connectivity index (χ4v) is 4.19. The molecule has 31 heavy (non-hydrogen) atoms. The van der Waals surface area contributed by atoms with Crippen molar-refractivity contribution in [2.24, 2.45) is 10.1 Å². The Labute approximate surface area is 185 Å². The molecule has 1 aliphatic rings. The number of sulfonamides is 1. The zero-order chi connectivity index (χ0) is 22.3. The second-order valence-corrected chi connectivity index (χ2v) is 9.49. The number of rotatable bonds is 8. The SMILES string of the molecule is CN=C(NCCc1ccc(S(N)(=O)=O)cc1)NCc1ccc(C)cc1OC1CCCC1. The van der Waals surface area contributed by atoms with Gasteiger partial charge in [0, 0.05) is 25.7 Å². The van der Waals surface area contributed by atoms with Crippen LogP contribution in [0.1, 0.15) is 42.4 Å². The van der Waals surface area contributed by atoms with Crippen LogP contribution in [-0.4, -0.2) is 34.1 Å². The van der Waals surface area contributed by atoms with E-state index in [0.29, 0.717) is 25.2 Å². The van der Waals surface area contributed by atoms with Crippen molar-refractivity contribution in [3.05, 3.63) is 59.2 Å². The van der Waals surface area contributed by atoms with Crippen molar-refractivity contribution in [1.29, 1.82) is 0 Å². The van der Waals surface area contributed by atoms with Crippen molar-refractivity contribution in [3.63, 3.8) is 0 Å². The standard InChI is InChI=1S/C23H32N4O3S/c1-17-7-10-19(22(15-17)30-20-5-3-4-6-20)16-27-23(25-2)26-14-13-18-8-11-21(12-9-18)31(24,28)29/h7-12,15,20H,3-6,13-14,16H2,1-2H3,(H2,24,28,29)(H2,25,26,27). The number of benzene rings is 2. The van der Waals surface area contributed by atoms with Crippen LogP contribution in [0.5, 0.6) is 5.75 Å². The van der Waals surface area contributed by atoms with Crippen LogP contribution in [-0.2, 0) is 23.0 Å². The van der Waals surface area contributed by atoms with Gasteiger partial charge in [-0.1, -0.05) is 24.3 Å². The second kappa shape index (κ2) is 10.6. The first-order valence-electron chi connectivity index (χ1n) is 10.7. The minimum absolute atomic E-state index is 0.121. The van der Waals surface area contributed by atoms with Gasteiger partial charge in [0.05, 0.1) is 11.0 Å². The maximum Gasteiger partial charge on any atom is 0.238 e. The summed E-state index contributed by atoms with van der Waals surface area (Å²) >= 11 is 0. The van der Waals surface area contributed by atoms with Crippen LogP contribution in [0.25, 0.3) is 0 Å². The van der Waals surface area contributed by atoms with E-state index in [1.54, 1.807) is 19.2 Å². The third kappa shape index (κ3) is 6.97. The molecule has 3 rings (SSSR count). The summed E-state index contributed by atoms with van der Waals surface area (Å²) in [7, 11) is -1.92. The molecule has 2 aromatic rings. The molecular formula is C23H32N4O3S. The first kappa shape index (κ1) is 23.1. The Morgan fingerprint density at radius 3 is 2.48 bits per heavy atom. The largest absolute Gasteiger partial charge is 0.490 e. The average Bonchev–Trinajstić information content (AvgIpc) is 3.24. The van der Waals surface area contributed by atoms with E-state index in [-0.39, 0.29) is 4.90 Å². The molecule has 2 aromatic carbocycles. The van der Waals surface area contributed by atoms with E-state index in [1.807, 2.05) is 0 Å². The third-order valence-electron chi connectivity index (χ3n) is 5.45. The maximum absolute atomic E-state index is 11.3. The highest BCUT2D eigenvalue weighted by Crippen LogP contribution is 2.27. The fourth-order valence-electron chi connectivity index (χ4n) is 3.67. The van der Waals surface area contributed by atoms with Crippen molar-refractivity contribution in [2.45, 2.75) is 56.6 Å². The van der Waals surface area contributed by atoms with Crippen LogP contribution in [0, 0.1) is 6.92 Å². The van der Waals surface area contributed by atoms with Crippen LogP contribution >= 0.6 is 0 Å². The molecular weight excluding hydrogens is 412 g/mol. The number of aliphatic imine (C=N–C) groups is 1. The summed E-state index contributed by atoms with van der Waals surface area (Å²) in [6, 6.07) is 12.9. The Balaban J connectivity index is 1.51. The number of hydrogen-bond donors (Lipinski definition) is 3. The first-order chi connectivity index (χ1) is 14.8. The number of ether oxygens (including phenoxy) is 1. The molecule has 8 heteroatoms. The van der Waals surface area contributed by atoms with Gasteiger partial charge in [0.2, 0.25) is 10.0 Å². The van der Waals surface area contributed by atoms with Crippen molar-refractivity contribution >= 4 is 16.0 Å². The molecule has 1 aliphatic carbocycles. The Morgan fingerprint density at radius 2 is 1.84 bits per heavy atom. The predicted molar refractivity (Wildman–Crippen MR) is 124 cm³/mol. The number of nitrogens with one attached hydrogen (secondary N) is 2. The van der Waals surface area contributed by atoms with Gasteiger partial charge in [0.25, 0.3) is 0 Å². The minimum atomic E-state index is -3.66. The van der Waals surface area contributed by atoms with Gasteiger partial charge in [-0.05, 0) is 68.4 Å². The zero-order valence-corrected chi connectivity index (χ0v) is 19.0. The van der Waals surface area contributed by atoms with Crippen molar-refractivity contribution in [2.75, 3.05) is 13.6 Å². The molecule has 7 nitrogen and oxygen atoms in total. The van der Waals surface area contributed by atoms with Gasteiger partial charge in [-0.15, -0.1) is 0 Å². The molecule has 0 aliphatic heterocycles. The summed E-state index contributed by atoms with van der Waals surface area (Å²) in [5, 5.41) is 11.8. The first-order valence-corrected chi connectivity index (χ1v) is 12.2. The molecule has 0 radical (unpaired) electrons. The molecule has 0 saturated heterocycles. The van der Waals surface area contributed by atoms with Gasteiger partial charge in [-0.25, -0.2) is 13.6 Å². The van der Waals surface area contributed by atoms with E-state index in [1.165, 1.54) is 30.5 Å². The Kier molecular flexibility index (Phi) is 7.92. The lowest BCUT2D eigenvalue weighted by Crippen LogP contribution is -2.38. The Hall–Kier alpha value is -2.58. The predicted octanol–water partition coefficient (Wildman–Crippen LogP) is 2.87. The average molecular weight is 445 g/mol. The number of guanidine groups is 1. The lowest BCUT2D eigenvalue weighted by Gasteiger charge is -2.18. The van der Waals surface area contributed by atoms with Crippen LogP contribution in [0.2, 0.25) is 0 Å². The number of hydrogen-bond acceptors (Lipinski definition) is 4. The Bertz CT molecular complexity index is 998. The number of aryl methyl sites for hydroxylation is 1. The summed E-state index contributed by atoms with van der Waals surface area (Å²) in [6.45, 7) is 3.35. The molecule has 1 saturated carbocycles. The van der Waals surface area contributed by atoms with E-state index in [0.717, 1.165) is 36.1 Å². The third-order valence-corrected chi connectivity index (χ3v) is 6.38. The molecule has 0 spiro atoms. The van der Waals surface area contributed by atoms with Crippen molar-refractivity contribution in [1.82, 2.24) is 10.6 Å². The quantitative estimate of drug-likeness (QED) is 0.429. The molecule has 0 aromatic heterocycles. The normalized spacial score (nSPS) is 15.1. The lowest BCUT2D eigenvalue weighted by atomic mass is 10.1. The lowest BCUT2D eigenvalue weighted by molar-refractivity contribution is 0.207. The molecule has 0 amide bonds. The van der Waals surface area contributed by atoms with E-state index in [9.17, 15) is 8.42 Å². The highest BCUT2D eigenvalue weighted by atomic mass is 32.2. The smallest absolute Gasteiger partial charge is 0.238 e. The molecule has 0 bridgehead atoms.